The molecular formula is C16H24N2O5S. The molecule has 1 aliphatic rings. The first-order chi connectivity index (χ1) is 11.1. The highest BCUT2D eigenvalue weighted by molar-refractivity contribution is 7.89. The maximum absolute atomic E-state index is 11.2. The smallest absolute Gasteiger partial charge is 0.407 e. The monoisotopic (exact) mass is 356 g/mol. The van der Waals surface area contributed by atoms with Crippen molar-refractivity contribution >= 4 is 16.1 Å². The van der Waals surface area contributed by atoms with Gasteiger partial charge in [0.25, 0.3) is 0 Å². The number of likely N-dealkylation sites (tertiary alicyclic amines) is 1. The quantitative estimate of drug-likeness (QED) is 0.760. The van der Waals surface area contributed by atoms with Gasteiger partial charge in [-0.25, -0.2) is 18.4 Å². The zero-order valence-electron chi connectivity index (χ0n) is 13.9. The number of amides is 1. The molecule has 1 amide bonds. The molecule has 3 N–H and O–H groups in total. The van der Waals surface area contributed by atoms with E-state index in [0.717, 1.165) is 19.3 Å². The number of ether oxygens (including phenoxy) is 1. The van der Waals surface area contributed by atoms with Gasteiger partial charge < -0.3 is 14.7 Å². The molecule has 7 nitrogen and oxygen atoms in total. The van der Waals surface area contributed by atoms with Crippen LogP contribution in [0.3, 0.4) is 0 Å². The van der Waals surface area contributed by atoms with Gasteiger partial charge in [-0.1, -0.05) is 0 Å². The normalized spacial score (nSPS) is 20.1. The number of hydrogen-bond donors (Lipinski definition) is 2. The van der Waals surface area contributed by atoms with Crippen LogP contribution in [0.4, 0.5) is 4.79 Å². The molecule has 1 aliphatic heterocycles. The molecule has 1 fully saturated rings. The van der Waals surface area contributed by atoms with Crippen LogP contribution in [0.1, 0.15) is 33.1 Å². The molecule has 0 saturated carbocycles. The summed E-state index contributed by atoms with van der Waals surface area (Å²) in [5.74, 6) is 0.922. The minimum atomic E-state index is -3.69. The van der Waals surface area contributed by atoms with Crippen molar-refractivity contribution in [3.05, 3.63) is 24.3 Å². The lowest BCUT2D eigenvalue weighted by Gasteiger charge is -2.28. The molecule has 0 radical (unpaired) electrons. The number of primary sulfonamides is 1. The Kier molecular flexibility index (Phi) is 5.39. The molecular weight excluding hydrogens is 332 g/mol. The molecule has 0 unspecified atom stereocenters. The Morgan fingerprint density at radius 2 is 2.00 bits per heavy atom. The lowest BCUT2D eigenvalue weighted by molar-refractivity contribution is 0.117. The third kappa shape index (κ3) is 4.61. The molecule has 1 aromatic carbocycles. The van der Waals surface area contributed by atoms with Gasteiger partial charge in [-0.15, -0.1) is 0 Å². The van der Waals surface area contributed by atoms with Gasteiger partial charge >= 0.3 is 6.09 Å². The second-order valence-electron chi connectivity index (χ2n) is 6.78. The zero-order valence-corrected chi connectivity index (χ0v) is 14.8. The number of benzene rings is 1. The van der Waals surface area contributed by atoms with Crippen molar-refractivity contribution < 1.29 is 23.1 Å². The number of rotatable bonds is 6. The first-order valence-electron chi connectivity index (χ1n) is 7.86. The molecule has 0 bridgehead atoms. The van der Waals surface area contributed by atoms with Crippen LogP contribution in [-0.4, -0.2) is 43.2 Å². The largest absolute Gasteiger partial charge is 0.494 e. The lowest BCUT2D eigenvalue weighted by Crippen LogP contribution is -2.41. The molecule has 0 aliphatic carbocycles. The maximum Gasteiger partial charge on any atom is 0.407 e. The predicted octanol–water partition coefficient (Wildman–Crippen LogP) is 2.27. The molecule has 0 spiro atoms. The van der Waals surface area contributed by atoms with E-state index in [1.165, 1.54) is 17.0 Å². The standard InChI is InChI=1S/C16H24N2O5S/c1-16(2)10-12(11-18(16)15(19)20)4-3-9-23-13-5-7-14(8-6-13)24(17,21)22/h5-8,12H,3-4,9-11H2,1-2H3,(H,19,20)(H2,17,21,22)/t12-/m0/s1. The number of carboxylic acid groups (broad SMARTS) is 1. The Hall–Kier alpha value is -1.80. The van der Waals surface area contributed by atoms with Crippen LogP contribution in [0, 0.1) is 5.92 Å². The summed E-state index contributed by atoms with van der Waals surface area (Å²) >= 11 is 0. The van der Waals surface area contributed by atoms with Gasteiger partial charge in [-0.05, 0) is 63.3 Å². The Labute approximate surface area is 142 Å². The summed E-state index contributed by atoms with van der Waals surface area (Å²) in [5, 5.41) is 14.3. The minimum absolute atomic E-state index is 0.0526. The summed E-state index contributed by atoms with van der Waals surface area (Å²) in [6.07, 6.45) is 1.68. The summed E-state index contributed by atoms with van der Waals surface area (Å²) in [4.78, 5) is 12.8. The van der Waals surface area contributed by atoms with Gasteiger partial charge in [0.1, 0.15) is 5.75 Å². The van der Waals surface area contributed by atoms with Crippen LogP contribution in [0.5, 0.6) is 5.75 Å². The van der Waals surface area contributed by atoms with Crippen molar-refractivity contribution in [2.24, 2.45) is 11.1 Å². The van der Waals surface area contributed by atoms with Gasteiger partial charge in [0, 0.05) is 12.1 Å². The molecule has 1 atom stereocenters. The average Bonchev–Trinajstić information content (AvgIpc) is 2.78. The van der Waals surface area contributed by atoms with Gasteiger partial charge in [0.15, 0.2) is 0 Å². The topological polar surface area (TPSA) is 110 Å². The predicted molar refractivity (Wildman–Crippen MR) is 89.5 cm³/mol. The van der Waals surface area contributed by atoms with E-state index in [0.29, 0.717) is 24.8 Å². The lowest BCUT2D eigenvalue weighted by atomic mass is 9.93. The highest BCUT2D eigenvalue weighted by Gasteiger charge is 2.40. The third-order valence-electron chi connectivity index (χ3n) is 4.37. The number of nitrogens with two attached hydrogens (primary N) is 1. The number of nitrogens with zero attached hydrogens (tertiary/aromatic N) is 1. The number of sulfonamides is 1. The van der Waals surface area contributed by atoms with Crippen molar-refractivity contribution in [3.63, 3.8) is 0 Å². The Morgan fingerprint density at radius 1 is 1.38 bits per heavy atom. The molecule has 24 heavy (non-hydrogen) atoms. The van der Waals surface area contributed by atoms with Gasteiger partial charge in [-0.2, -0.15) is 0 Å². The fourth-order valence-corrected chi connectivity index (χ4v) is 3.72. The summed E-state index contributed by atoms with van der Waals surface area (Å²) in [6.45, 7) is 4.96. The molecule has 1 heterocycles. The highest BCUT2D eigenvalue weighted by atomic mass is 32.2. The van der Waals surface area contributed by atoms with Crippen molar-refractivity contribution in [3.8, 4) is 5.75 Å². The van der Waals surface area contributed by atoms with E-state index in [4.69, 9.17) is 9.88 Å². The van der Waals surface area contributed by atoms with Crippen molar-refractivity contribution in [1.29, 1.82) is 0 Å². The van der Waals surface area contributed by atoms with Crippen LogP contribution in [0.15, 0.2) is 29.2 Å². The second-order valence-corrected chi connectivity index (χ2v) is 8.34. The summed E-state index contributed by atoms with van der Waals surface area (Å²) in [5.41, 5.74) is -0.319. The summed E-state index contributed by atoms with van der Waals surface area (Å²) in [6, 6.07) is 5.97. The fourth-order valence-electron chi connectivity index (χ4n) is 3.20. The first kappa shape index (κ1) is 18.5. The van der Waals surface area contributed by atoms with Crippen molar-refractivity contribution in [2.75, 3.05) is 13.2 Å². The van der Waals surface area contributed by atoms with E-state index in [9.17, 15) is 18.3 Å². The van der Waals surface area contributed by atoms with Crippen LogP contribution in [0.2, 0.25) is 0 Å². The first-order valence-corrected chi connectivity index (χ1v) is 9.40. The van der Waals surface area contributed by atoms with Crippen LogP contribution in [0.25, 0.3) is 0 Å². The fraction of sp³-hybridized carbons (Fsp3) is 0.562. The third-order valence-corrected chi connectivity index (χ3v) is 5.30. The van der Waals surface area contributed by atoms with Gasteiger partial charge in [-0.3, -0.25) is 0 Å². The highest BCUT2D eigenvalue weighted by Crippen LogP contribution is 2.34. The second kappa shape index (κ2) is 6.98. The Balaban J connectivity index is 1.77. The van der Waals surface area contributed by atoms with E-state index in [1.54, 1.807) is 12.1 Å². The van der Waals surface area contributed by atoms with E-state index in [2.05, 4.69) is 0 Å². The van der Waals surface area contributed by atoms with E-state index in [-0.39, 0.29) is 10.4 Å². The summed E-state index contributed by atoms with van der Waals surface area (Å²) in [7, 11) is -3.69. The maximum atomic E-state index is 11.2. The molecule has 1 saturated heterocycles. The number of hydrogen-bond acceptors (Lipinski definition) is 4. The summed E-state index contributed by atoms with van der Waals surface area (Å²) < 4.78 is 27.9. The van der Waals surface area contributed by atoms with Gasteiger partial charge in [0.05, 0.1) is 11.5 Å². The van der Waals surface area contributed by atoms with Crippen molar-refractivity contribution in [2.45, 2.75) is 43.5 Å². The average molecular weight is 356 g/mol. The van der Waals surface area contributed by atoms with Crippen molar-refractivity contribution in [1.82, 2.24) is 4.90 Å². The molecule has 1 aromatic rings. The molecule has 134 valence electrons. The van der Waals surface area contributed by atoms with Crippen LogP contribution < -0.4 is 9.88 Å². The SMILES string of the molecule is CC1(C)C[C@H](CCCOc2ccc(S(N)(=O)=O)cc2)CN1C(=O)O. The van der Waals surface area contributed by atoms with E-state index >= 15 is 0 Å². The molecule has 2 rings (SSSR count). The van der Waals surface area contributed by atoms with Gasteiger partial charge in [0.2, 0.25) is 10.0 Å². The Morgan fingerprint density at radius 3 is 2.50 bits per heavy atom. The molecule has 0 aromatic heterocycles. The Bertz CT molecular complexity index is 685. The minimum Gasteiger partial charge on any atom is -0.494 e. The molecule has 8 heteroatoms. The van der Waals surface area contributed by atoms with Crippen LogP contribution >= 0.6 is 0 Å². The zero-order chi connectivity index (χ0) is 18.0. The van der Waals surface area contributed by atoms with Crippen LogP contribution in [-0.2, 0) is 10.0 Å². The van der Waals surface area contributed by atoms with E-state index in [1.807, 2.05) is 13.8 Å². The number of carbonyl (C=O) groups is 1. The van der Waals surface area contributed by atoms with E-state index < -0.39 is 16.1 Å².